The molecule has 6 rings (SSSR count). The van der Waals surface area contributed by atoms with Crippen molar-refractivity contribution >= 4 is 34.7 Å². The summed E-state index contributed by atoms with van der Waals surface area (Å²) in [5.41, 5.74) is 6.93. The van der Waals surface area contributed by atoms with Gasteiger partial charge in [0.1, 0.15) is 5.75 Å². The number of hydrogen-bond acceptors (Lipinski definition) is 10. The van der Waals surface area contributed by atoms with Crippen molar-refractivity contribution in [2.45, 2.75) is 44.1 Å². The lowest BCUT2D eigenvalue weighted by Gasteiger charge is -2.52. The summed E-state index contributed by atoms with van der Waals surface area (Å²) in [7, 11) is 6.82. The third-order valence-corrected chi connectivity index (χ3v) is 9.90. The molecule has 11 heteroatoms. The maximum absolute atomic E-state index is 14.2. The van der Waals surface area contributed by atoms with Crippen molar-refractivity contribution in [2.75, 3.05) is 33.1 Å². The van der Waals surface area contributed by atoms with Crippen LogP contribution in [0.25, 0.3) is 0 Å². The van der Waals surface area contributed by atoms with Gasteiger partial charge in [0.25, 0.3) is 0 Å². The van der Waals surface area contributed by atoms with E-state index in [2.05, 4.69) is 17.0 Å². The summed E-state index contributed by atoms with van der Waals surface area (Å²) in [6.45, 7) is 1.73. The Hall–Kier alpha value is -3.93. The van der Waals surface area contributed by atoms with Gasteiger partial charge in [0.15, 0.2) is 34.7 Å². The maximum atomic E-state index is 14.2. The first kappa shape index (κ1) is 29.2. The highest BCUT2D eigenvalue weighted by Gasteiger charge is 2.69. The average molecular weight is 589 g/mol. The number of fused-ring (bicyclic) bond motifs is 4. The Morgan fingerprint density at radius 1 is 1.05 bits per heavy atom. The van der Waals surface area contributed by atoms with E-state index in [0.717, 1.165) is 5.69 Å². The molecule has 1 amide bonds. The smallest absolute Gasteiger partial charge is 0.235 e. The van der Waals surface area contributed by atoms with Crippen LogP contribution in [0.15, 0.2) is 30.3 Å². The van der Waals surface area contributed by atoms with Crippen molar-refractivity contribution < 1.29 is 34.2 Å². The fourth-order valence-electron chi connectivity index (χ4n) is 7.98. The van der Waals surface area contributed by atoms with Gasteiger partial charge in [0.05, 0.1) is 17.5 Å². The van der Waals surface area contributed by atoms with Crippen LogP contribution >= 0.6 is 0 Å². The molecule has 11 nitrogen and oxygen atoms in total. The number of primary amides is 1. The van der Waals surface area contributed by atoms with Gasteiger partial charge in [0, 0.05) is 50.9 Å². The summed E-state index contributed by atoms with van der Waals surface area (Å²) < 4.78 is 0. The maximum Gasteiger partial charge on any atom is 0.235 e. The number of hydrogen-bond donors (Lipinski definition) is 3. The van der Waals surface area contributed by atoms with Crippen molar-refractivity contribution in [3.8, 4) is 5.75 Å². The number of rotatable bonds is 5. The highest BCUT2D eigenvalue weighted by Crippen LogP contribution is 2.52. The summed E-state index contributed by atoms with van der Waals surface area (Å²) >= 11 is 0. The molecule has 4 N–H and O–H groups in total. The van der Waals surface area contributed by atoms with Crippen molar-refractivity contribution in [1.29, 1.82) is 0 Å². The summed E-state index contributed by atoms with van der Waals surface area (Å²) in [4.78, 5) is 72.9. The Kier molecular flexibility index (Phi) is 6.83. The molecule has 43 heavy (non-hydrogen) atoms. The van der Waals surface area contributed by atoms with Gasteiger partial charge >= 0.3 is 0 Å². The number of nitrogens with two attached hydrogens (primary N) is 1. The minimum Gasteiger partial charge on any atom is -0.507 e. The van der Waals surface area contributed by atoms with E-state index in [1.165, 1.54) is 16.0 Å². The lowest BCUT2D eigenvalue weighted by Crippen LogP contribution is -2.74. The normalized spacial score (nSPS) is 30.1. The zero-order valence-electron chi connectivity index (χ0n) is 24.7. The number of phenols is 1. The van der Waals surface area contributed by atoms with Gasteiger partial charge < -0.3 is 20.8 Å². The Bertz CT molecular complexity index is 1580. The van der Waals surface area contributed by atoms with E-state index in [0.29, 0.717) is 30.8 Å². The third kappa shape index (κ3) is 4.16. The van der Waals surface area contributed by atoms with Gasteiger partial charge in [-0.3, -0.25) is 33.8 Å². The Labute approximate surface area is 249 Å². The van der Waals surface area contributed by atoms with Crippen LogP contribution in [0, 0.1) is 23.7 Å². The zero-order valence-corrected chi connectivity index (χ0v) is 24.7. The van der Waals surface area contributed by atoms with Crippen LogP contribution in [0.3, 0.4) is 0 Å². The first-order valence-corrected chi connectivity index (χ1v) is 14.5. The summed E-state index contributed by atoms with van der Waals surface area (Å²) in [6.07, 6.45) is 0.244. The summed E-state index contributed by atoms with van der Waals surface area (Å²) in [5.74, 6) is -10.4. The molecular formula is C32H36N4O7. The fraction of sp³-hybridized carbons (Fsp3) is 0.469. The Morgan fingerprint density at radius 2 is 1.67 bits per heavy atom. The molecule has 2 fully saturated rings. The molecule has 1 heterocycles. The molecule has 0 aromatic heterocycles. The van der Waals surface area contributed by atoms with E-state index in [4.69, 9.17) is 5.73 Å². The minimum absolute atomic E-state index is 0.0181. The first-order valence-electron chi connectivity index (χ1n) is 14.5. The number of amides is 1. The molecule has 0 saturated heterocycles. The Morgan fingerprint density at radius 3 is 2.23 bits per heavy atom. The molecule has 2 aromatic rings. The van der Waals surface area contributed by atoms with E-state index in [1.54, 1.807) is 14.1 Å². The molecule has 1 aliphatic heterocycles. The van der Waals surface area contributed by atoms with Crippen molar-refractivity contribution in [1.82, 2.24) is 9.80 Å². The van der Waals surface area contributed by atoms with Gasteiger partial charge in [-0.2, -0.15) is 0 Å². The van der Waals surface area contributed by atoms with Crippen LogP contribution in [-0.4, -0.2) is 88.9 Å². The molecule has 3 aliphatic carbocycles. The standard InChI is InChI=1S/C32H36N4O7/c1-34(2)21-11-18(14-36-12-15-7-5-6-8-16(15)13-36)26(37)23-19(21)9-17-10-20-25(35(3)4)28(39)24(31(33)42)30(41)32(20,43)29(40)22(17)27(23)38/h5-8,11,17,20,22,24-25,37,43H,9-10,12-14H2,1-4H3,(H2,33,42)/t17-,20-,22?,24?,25-,32-/m0/s1. The van der Waals surface area contributed by atoms with Crippen LogP contribution < -0.4 is 10.6 Å². The number of anilines is 1. The lowest BCUT2D eigenvalue weighted by atomic mass is 9.52. The van der Waals surface area contributed by atoms with Crippen LogP contribution in [0.5, 0.6) is 5.75 Å². The monoisotopic (exact) mass is 588 g/mol. The van der Waals surface area contributed by atoms with E-state index in [1.807, 2.05) is 37.2 Å². The van der Waals surface area contributed by atoms with E-state index in [-0.39, 0.29) is 24.2 Å². The molecule has 6 atom stereocenters. The summed E-state index contributed by atoms with van der Waals surface area (Å²) in [6, 6.07) is 8.84. The predicted octanol–water partition coefficient (Wildman–Crippen LogP) is 0.449. The number of nitrogens with zero attached hydrogens (tertiary/aromatic N) is 3. The molecule has 4 aliphatic rings. The second kappa shape index (κ2) is 10.1. The zero-order chi connectivity index (χ0) is 31.1. The highest BCUT2D eigenvalue weighted by molar-refractivity contribution is 6.32. The van der Waals surface area contributed by atoms with Crippen molar-refractivity contribution in [2.24, 2.45) is 29.4 Å². The van der Waals surface area contributed by atoms with Crippen molar-refractivity contribution in [3.05, 3.63) is 58.1 Å². The molecule has 226 valence electrons. The molecule has 0 bridgehead atoms. The van der Waals surface area contributed by atoms with Gasteiger partial charge in [-0.15, -0.1) is 0 Å². The van der Waals surface area contributed by atoms with Crippen LogP contribution in [0.4, 0.5) is 5.69 Å². The number of phenolic OH excluding ortho intramolecular Hbond substituents is 1. The quantitative estimate of drug-likeness (QED) is 0.418. The largest absolute Gasteiger partial charge is 0.507 e. The number of aromatic hydroxyl groups is 1. The topological polar surface area (TPSA) is 162 Å². The number of ketones is 4. The predicted molar refractivity (Wildman–Crippen MR) is 155 cm³/mol. The lowest BCUT2D eigenvalue weighted by molar-refractivity contribution is -0.181. The molecule has 2 saturated carbocycles. The third-order valence-electron chi connectivity index (χ3n) is 9.90. The second-order valence-electron chi connectivity index (χ2n) is 12.9. The average Bonchev–Trinajstić information content (AvgIpc) is 3.34. The van der Waals surface area contributed by atoms with Gasteiger partial charge in [-0.1, -0.05) is 24.3 Å². The first-order chi connectivity index (χ1) is 20.3. The van der Waals surface area contributed by atoms with Crippen LogP contribution in [0.1, 0.15) is 39.0 Å². The van der Waals surface area contributed by atoms with Crippen LogP contribution in [0.2, 0.25) is 0 Å². The van der Waals surface area contributed by atoms with E-state index < -0.39 is 64.4 Å². The van der Waals surface area contributed by atoms with Gasteiger partial charge in [-0.25, -0.2) is 0 Å². The number of Topliss-reactive ketones (excluding diaryl/α,β-unsaturated/α-hetero) is 4. The van der Waals surface area contributed by atoms with Crippen LogP contribution in [-0.2, 0) is 45.2 Å². The van der Waals surface area contributed by atoms with E-state index in [9.17, 15) is 34.2 Å². The Balaban J connectivity index is 1.42. The minimum atomic E-state index is -2.74. The number of carbonyl (C=O) groups is 5. The summed E-state index contributed by atoms with van der Waals surface area (Å²) in [5, 5.41) is 23.4. The number of carbonyl (C=O) groups excluding carboxylic acids is 5. The number of aliphatic hydroxyl groups is 1. The molecule has 0 spiro atoms. The second-order valence-corrected chi connectivity index (χ2v) is 12.9. The number of benzene rings is 2. The van der Waals surface area contributed by atoms with Crippen molar-refractivity contribution in [3.63, 3.8) is 0 Å². The molecule has 2 unspecified atom stereocenters. The van der Waals surface area contributed by atoms with Gasteiger partial charge in [0.2, 0.25) is 5.91 Å². The number of likely N-dealkylation sites (N-methyl/N-ethyl adjacent to an activating group) is 1. The van der Waals surface area contributed by atoms with Gasteiger partial charge in [-0.05, 0) is 55.6 Å². The molecular weight excluding hydrogens is 552 g/mol. The van der Waals surface area contributed by atoms with E-state index >= 15 is 0 Å². The fourth-order valence-corrected chi connectivity index (χ4v) is 7.98. The molecule has 2 aromatic carbocycles. The SMILES string of the molecule is CN(C)c1cc(CN2Cc3ccccc3C2)c(O)c2c1C[C@H]1C[C@H]3[C@H](N(C)C)C(=O)C(C(N)=O)C(=O)[C@@]3(O)C(=O)C1C2=O. The molecule has 0 radical (unpaired) electrons. The highest BCUT2D eigenvalue weighted by atomic mass is 16.3.